The number of aromatic nitrogens is 4. The van der Waals surface area contributed by atoms with Gasteiger partial charge in [-0.3, -0.25) is 0 Å². The van der Waals surface area contributed by atoms with Crippen LogP contribution < -0.4 is 0 Å². The predicted molar refractivity (Wildman–Crippen MR) is 206 cm³/mol. The van der Waals surface area contributed by atoms with Gasteiger partial charge in [0, 0.05) is 10.8 Å². The van der Waals surface area contributed by atoms with E-state index in [1.165, 1.54) is 133 Å². The molecule has 4 heteroatoms. The lowest BCUT2D eigenvalue weighted by Gasteiger charge is -2.27. The van der Waals surface area contributed by atoms with Crippen molar-refractivity contribution in [2.24, 2.45) is 0 Å². The zero-order valence-electron chi connectivity index (χ0n) is 32.8. The highest BCUT2D eigenvalue weighted by Crippen LogP contribution is 2.44. The lowest BCUT2D eigenvalue weighted by Crippen LogP contribution is -2.12. The molecule has 2 aromatic heterocycles. The molecular weight excluding hydrogens is 585 g/mol. The van der Waals surface area contributed by atoms with E-state index < -0.39 is 0 Å². The molecule has 48 heavy (non-hydrogen) atoms. The van der Waals surface area contributed by atoms with Crippen LogP contribution in [0.25, 0.3) is 44.3 Å². The third-order valence-corrected chi connectivity index (χ3v) is 12.8. The van der Waals surface area contributed by atoms with Crippen molar-refractivity contribution in [1.82, 2.24) is 19.6 Å². The average Bonchev–Trinajstić information content (AvgIpc) is 3.57. The maximum atomic E-state index is 5.24. The molecule has 6 aromatic rings. The zero-order valence-corrected chi connectivity index (χ0v) is 32.8. The van der Waals surface area contributed by atoms with Crippen molar-refractivity contribution in [2.75, 3.05) is 0 Å². The molecule has 0 aliphatic heterocycles. The van der Waals surface area contributed by atoms with Crippen LogP contribution in [0.3, 0.4) is 0 Å². The van der Waals surface area contributed by atoms with E-state index in [1.807, 2.05) is 0 Å². The molecule has 0 fully saturated rings. The summed E-state index contributed by atoms with van der Waals surface area (Å²) in [6.45, 7) is 40.7. The Morgan fingerprint density at radius 2 is 0.521 bits per heavy atom. The van der Waals surface area contributed by atoms with E-state index >= 15 is 0 Å². The summed E-state index contributed by atoms with van der Waals surface area (Å²) in [5, 5.41) is 13.1. The summed E-state index contributed by atoms with van der Waals surface area (Å²) in [6.07, 6.45) is 0. The largest absolute Gasteiger partial charge is 0.232 e. The highest BCUT2D eigenvalue weighted by atomic mass is 15.3. The second-order valence-electron chi connectivity index (χ2n) is 14.9. The van der Waals surface area contributed by atoms with Gasteiger partial charge in [-0.1, -0.05) is 0 Å². The Hall–Kier alpha value is -4.18. The fourth-order valence-corrected chi connectivity index (χ4v) is 8.79. The molecule has 0 saturated carbocycles. The van der Waals surface area contributed by atoms with Crippen molar-refractivity contribution in [3.63, 3.8) is 0 Å². The van der Waals surface area contributed by atoms with Crippen LogP contribution >= 0.6 is 0 Å². The van der Waals surface area contributed by atoms with Gasteiger partial charge in [-0.2, -0.15) is 10.2 Å². The van der Waals surface area contributed by atoms with Gasteiger partial charge in [0.2, 0.25) is 0 Å². The topological polar surface area (TPSA) is 35.6 Å². The van der Waals surface area contributed by atoms with E-state index in [1.54, 1.807) is 0 Å². The smallest absolute Gasteiger partial charge is 0.0778 e. The van der Waals surface area contributed by atoms with Gasteiger partial charge in [-0.05, 0) is 225 Å². The molecule has 0 aliphatic carbocycles. The van der Waals surface area contributed by atoms with E-state index in [4.69, 9.17) is 10.2 Å². The number of nitrogens with zero attached hydrogens (tertiary/aromatic N) is 4. The number of fused-ring (bicyclic) bond motifs is 2. The van der Waals surface area contributed by atoms with Crippen LogP contribution in [-0.4, -0.2) is 19.6 Å². The molecule has 0 unspecified atom stereocenters. The molecule has 0 spiro atoms. The number of hydrogen-bond acceptors (Lipinski definition) is 2. The lowest BCUT2D eigenvalue weighted by atomic mass is 9.81. The summed E-state index contributed by atoms with van der Waals surface area (Å²) in [5.74, 6) is 0. The van der Waals surface area contributed by atoms with Crippen LogP contribution in [0, 0.1) is 125 Å². The van der Waals surface area contributed by atoms with Crippen LogP contribution in [-0.2, 0) is 0 Å². The lowest BCUT2D eigenvalue weighted by molar-refractivity contribution is 0.864. The molecule has 0 N–H and O–H groups in total. The molecule has 6 rings (SSSR count). The van der Waals surface area contributed by atoms with Crippen molar-refractivity contribution in [1.29, 1.82) is 0 Å². The fourth-order valence-electron chi connectivity index (χ4n) is 8.79. The summed E-state index contributed by atoms with van der Waals surface area (Å²) in [5.41, 5.74) is 31.0. The molecule has 2 heterocycles. The summed E-state index contributed by atoms with van der Waals surface area (Å²) >= 11 is 0. The van der Waals surface area contributed by atoms with Gasteiger partial charge in [0.25, 0.3) is 0 Å². The monoisotopic (exact) mass is 638 g/mol. The van der Waals surface area contributed by atoms with E-state index in [9.17, 15) is 0 Å². The number of benzene rings is 4. The summed E-state index contributed by atoms with van der Waals surface area (Å²) in [4.78, 5) is 0. The van der Waals surface area contributed by atoms with Gasteiger partial charge in [0.15, 0.2) is 0 Å². The Morgan fingerprint density at radius 3 is 0.792 bits per heavy atom. The molecular formula is C44H54N4. The Kier molecular flexibility index (Phi) is 7.86. The van der Waals surface area contributed by atoms with E-state index in [2.05, 4.69) is 134 Å². The van der Waals surface area contributed by atoms with E-state index in [-0.39, 0.29) is 0 Å². The minimum atomic E-state index is 1.09. The molecule has 0 saturated heterocycles. The molecule has 4 nitrogen and oxygen atoms in total. The number of hydrogen-bond donors (Lipinski definition) is 0. The van der Waals surface area contributed by atoms with Crippen LogP contribution in [0.15, 0.2) is 0 Å². The number of rotatable bonds is 3. The standard InChI is InChI=1S/C44H54N4/c1-19-21(3)29(11)43-39(23(19)5)35(17)45-47(43)41-31(13)25(7)37(26(8)32(41)14)38-27(9)33(15)42(34(16)28(38)10)48-44-30(12)22(4)20(2)24(6)40(44)36(18)46-48/h1-18H3. The van der Waals surface area contributed by atoms with Gasteiger partial charge in [0.1, 0.15) is 0 Å². The Morgan fingerprint density at radius 1 is 0.271 bits per heavy atom. The summed E-state index contributed by atoms with van der Waals surface area (Å²) < 4.78 is 4.51. The van der Waals surface area contributed by atoms with Gasteiger partial charge < -0.3 is 0 Å². The zero-order chi connectivity index (χ0) is 35.6. The van der Waals surface area contributed by atoms with Crippen LogP contribution in [0.5, 0.6) is 0 Å². The molecule has 0 atom stereocenters. The Bertz CT molecular complexity index is 2180. The van der Waals surface area contributed by atoms with Crippen molar-refractivity contribution in [3.8, 4) is 22.5 Å². The first kappa shape index (κ1) is 33.7. The minimum absolute atomic E-state index is 1.09. The SMILES string of the molecule is Cc1c(C)c(-n2nc(C)c3c(C)c(C)c(C)c(C)c32)c(C)c(C)c1-c1c(C)c(C)c(-n2nc(C)c3c(C)c(C)c(C)c(C)c32)c(C)c1C. The minimum Gasteiger partial charge on any atom is -0.232 e. The quantitative estimate of drug-likeness (QED) is 0.193. The van der Waals surface area contributed by atoms with Gasteiger partial charge >= 0.3 is 0 Å². The molecule has 4 aromatic carbocycles. The van der Waals surface area contributed by atoms with Crippen molar-refractivity contribution < 1.29 is 0 Å². The molecule has 0 radical (unpaired) electrons. The van der Waals surface area contributed by atoms with Crippen LogP contribution in [0.1, 0.15) is 100 Å². The predicted octanol–water partition coefficient (Wildman–Crippen LogP) is 11.6. The Labute approximate surface area is 288 Å². The third kappa shape index (κ3) is 4.27. The maximum Gasteiger partial charge on any atom is 0.0778 e. The summed E-state index contributed by atoms with van der Waals surface area (Å²) in [6, 6.07) is 0. The molecule has 0 amide bonds. The third-order valence-electron chi connectivity index (χ3n) is 12.8. The second kappa shape index (κ2) is 11.2. The molecule has 0 aliphatic rings. The van der Waals surface area contributed by atoms with E-state index in [0.29, 0.717) is 0 Å². The Balaban J connectivity index is 1.65. The summed E-state index contributed by atoms with van der Waals surface area (Å²) in [7, 11) is 0. The van der Waals surface area contributed by atoms with Crippen LogP contribution in [0.4, 0.5) is 0 Å². The first-order chi connectivity index (χ1) is 22.4. The maximum absolute atomic E-state index is 5.24. The van der Waals surface area contributed by atoms with Crippen molar-refractivity contribution >= 4 is 21.8 Å². The molecule has 250 valence electrons. The van der Waals surface area contributed by atoms with Crippen LogP contribution in [0.2, 0.25) is 0 Å². The fraction of sp³-hybridized carbons (Fsp3) is 0.409. The first-order valence-corrected chi connectivity index (χ1v) is 17.5. The van der Waals surface area contributed by atoms with Gasteiger partial charge in [-0.25, -0.2) is 9.36 Å². The number of aryl methyl sites for hydroxylation is 6. The normalized spacial score (nSPS) is 12.0. The highest BCUT2D eigenvalue weighted by Gasteiger charge is 2.27. The second-order valence-corrected chi connectivity index (χ2v) is 14.9. The first-order valence-electron chi connectivity index (χ1n) is 17.5. The molecule has 0 bridgehead atoms. The van der Waals surface area contributed by atoms with Gasteiger partial charge in [0.05, 0.1) is 33.8 Å². The van der Waals surface area contributed by atoms with Crippen molar-refractivity contribution in [3.05, 3.63) is 100 Å². The average molecular weight is 639 g/mol. The van der Waals surface area contributed by atoms with Gasteiger partial charge in [-0.15, -0.1) is 0 Å². The highest BCUT2D eigenvalue weighted by molar-refractivity contribution is 5.94. The van der Waals surface area contributed by atoms with Crippen molar-refractivity contribution in [2.45, 2.75) is 125 Å². The van der Waals surface area contributed by atoms with E-state index in [0.717, 1.165) is 11.4 Å².